The molecule has 1 fully saturated rings. The van der Waals surface area contributed by atoms with E-state index in [9.17, 15) is 4.79 Å². The first-order chi connectivity index (χ1) is 9.06. The highest BCUT2D eigenvalue weighted by molar-refractivity contribution is 5.98. The highest BCUT2D eigenvalue weighted by atomic mass is 16.1. The summed E-state index contributed by atoms with van der Waals surface area (Å²) in [7, 11) is 2.14. The van der Waals surface area contributed by atoms with Gasteiger partial charge in [0, 0.05) is 13.1 Å². The van der Waals surface area contributed by atoms with E-state index in [4.69, 9.17) is 11.5 Å². The molecule has 6 heteroatoms. The van der Waals surface area contributed by atoms with Crippen LogP contribution in [0.25, 0.3) is 0 Å². The van der Waals surface area contributed by atoms with Crippen LogP contribution in [-0.4, -0.2) is 42.5 Å². The van der Waals surface area contributed by atoms with E-state index in [2.05, 4.69) is 22.2 Å². The molecule has 1 unspecified atom stereocenters. The number of nitrogens with two attached hydrogens (primary N) is 2. The second kappa shape index (κ2) is 5.88. The lowest BCUT2D eigenvalue weighted by molar-refractivity contribution is 0.100. The number of primary amides is 1. The number of anilines is 2. The summed E-state index contributed by atoms with van der Waals surface area (Å²) in [6.07, 6.45) is 3.91. The molecule has 104 valence electrons. The van der Waals surface area contributed by atoms with Crippen LogP contribution in [0.15, 0.2) is 12.3 Å². The number of rotatable bonds is 4. The molecule has 5 N–H and O–H groups in total. The third-order valence-electron chi connectivity index (χ3n) is 3.49. The predicted molar refractivity (Wildman–Crippen MR) is 75.9 cm³/mol. The fourth-order valence-corrected chi connectivity index (χ4v) is 2.46. The zero-order chi connectivity index (χ0) is 13.8. The van der Waals surface area contributed by atoms with Crippen molar-refractivity contribution in [3.8, 4) is 0 Å². The number of hydrogen-bond acceptors (Lipinski definition) is 5. The molecule has 0 bridgehead atoms. The molecule has 1 aliphatic rings. The van der Waals surface area contributed by atoms with Gasteiger partial charge in [0.1, 0.15) is 5.82 Å². The van der Waals surface area contributed by atoms with E-state index >= 15 is 0 Å². The molecule has 1 saturated heterocycles. The molecule has 2 heterocycles. The van der Waals surface area contributed by atoms with Gasteiger partial charge >= 0.3 is 0 Å². The van der Waals surface area contributed by atoms with E-state index in [0.717, 1.165) is 13.1 Å². The van der Waals surface area contributed by atoms with Crippen molar-refractivity contribution in [2.75, 3.05) is 37.7 Å². The zero-order valence-electron chi connectivity index (χ0n) is 11.2. The van der Waals surface area contributed by atoms with Crippen molar-refractivity contribution in [2.45, 2.75) is 12.8 Å². The lowest BCUT2D eigenvalue weighted by Crippen LogP contribution is -2.35. The summed E-state index contributed by atoms with van der Waals surface area (Å²) in [6, 6.07) is 1.62. The average molecular weight is 263 g/mol. The van der Waals surface area contributed by atoms with Crippen molar-refractivity contribution in [1.29, 1.82) is 0 Å². The second-order valence-electron chi connectivity index (χ2n) is 5.17. The van der Waals surface area contributed by atoms with Crippen molar-refractivity contribution in [3.05, 3.63) is 17.8 Å². The van der Waals surface area contributed by atoms with Gasteiger partial charge in [-0.3, -0.25) is 4.79 Å². The van der Waals surface area contributed by atoms with Gasteiger partial charge < -0.3 is 21.7 Å². The molecule has 0 aliphatic carbocycles. The van der Waals surface area contributed by atoms with E-state index < -0.39 is 5.91 Å². The molecule has 0 saturated carbocycles. The van der Waals surface area contributed by atoms with Gasteiger partial charge in [0.15, 0.2) is 0 Å². The molecule has 0 aromatic carbocycles. The van der Waals surface area contributed by atoms with Crippen molar-refractivity contribution >= 4 is 17.4 Å². The summed E-state index contributed by atoms with van der Waals surface area (Å²) in [4.78, 5) is 17.7. The number of nitrogens with one attached hydrogen (secondary N) is 1. The van der Waals surface area contributed by atoms with Crippen LogP contribution in [0.4, 0.5) is 11.5 Å². The highest BCUT2D eigenvalue weighted by Crippen LogP contribution is 2.17. The monoisotopic (exact) mass is 263 g/mol. The fourth-order valence-electron chi connectivity index (χ4n) is 2.46. The molecule has 0 radical (unpaired) electrons. The van der Waals surface area contributed by atoms with Crippen LogP contribution in [0, 0.1) is 5.92 Å². The highest BCUT2D eigenvalue weighted by Gasteiger charge is 2.17. The molecular formula is C13H21N5O. The molecule has 1 aromatic rings. The Bertz CT molecular complexity index is 462. The Labute approximate surface area is 113 Å². The molecule has 0 spiro atoms. The Balaban J connectivity index is 1.96. The summed E-state index contributed by atoms with van der Waals surface area (Å²) < 4.78 is 0. The lowest BCUT2D eigenvalue weighted by Gasteiger charge is -2.29. The minimum Gasteiger partial charge on any atom is -0.397 e. The summed E-state index contributed by atoms with van der Waals surface area (Å²) in [5.74, 6) is 0.728. The molecular weight excluding hydrogens is 242 g/mol. The van der Waals surface area contributed by atoms with Crippen LogP contribution in [0.2, 0.25) is 0 Å². The van der Waals surface area contributed by atoms with Gasteiger partial charge in [0.05, 0.1) is 17.4 Å². The van der Waals surface area contributed by atoms with E-state index in [1.54, 1.807) is 6.07 Å². The van der Waals surface area contributed by atoms with Gasteiger partial charge in [-0.05, 0) is 38.4 Å². The lowest BCUT2D eigenvalue weighted by atomic mass is 9.98. The maximum absolute atomic E-state index is 11.2. The zero-order valence-corrected chi connectivity index (χ0v) is 11.2. The van der Waals surface area contributed by atoms with Crippen molar-refractivity contribution < 1.29 is 4.79 Å². The molecule has 1 aliphatic heterocycles. The van der Waals surface area contributed by atoms with Crippen LogP contribution in [0.1, 0.15) is 23.2 Å². The van der Waals surface area contributed by atoms with Crippen molar-refractivity contribution in [3.63, 3.8) is 0 Å². The van der Waals surface area contributed by atoms with Crippen molar-refractivity contribution in [2.24, 2.45) is 11.7 Å². The third kappa shape index (κ3) is 3.57. The first-order valence-corrected chi connectivity index (χ1v) is 6.54. The molecule has 2 rings (SSSR count). The van der Waals surface area contributed by atoms with E-state index in [0.29, 0.717) is 23.0 Å². The van der Waals surface area contributed by atoms with Crippen LogP contribution >= 0.6 is 0 Å². The summed E-state index contributed by atoms with van der Waals surface area (Å²) in [6.45, 7) is 3.10. The normalized spacial score (nSPS) is 20.2. The van der Waals surface area contributed by atoms with Crippen LogP contribution in [0.5, 0.6) is 0 Å². The molecule has 6 nitrogen and oxygen atoms in total. The van der Waals surface area contributed by atoms with Crippen LogP contribution in [0.3, 0.4) is 0 Å². The predicted octanol–water partition coefficient (Wildman–Crippen LogP) is 0.516. The van der Waals surface area contributed by atoms with Gasteiger partial charge in [-0.2, -0.15) is 0 Å². The molecule has 1 atom stereocenters. The van der Waals surface area contributed by atoms with Crippen molar-refractivity contribution in [1.82, 2.24) is 9.88 Å². The third-order valence-corrected chi connectivity index (χ3v) is 3.49. The summed E-state index contributed by atoms with van der Waals surface area (Å²) in [5, 5.41) is 3.26. The SMILES string of the molecule is CN1CCCC(CNc2cc(C(N)=O)c(N)cn2)C1. The van der Waals surface area contributed by atoms with Gasteiger partial charge in [-0.25, -0.2) is 4.98 Å². The number of carbonyl (C=O) groups is 1. The van der Waals surface area contributed by atoms with Gasteiger partial charge in [-0.15, -0.1) is 0 Å². The minimum absolute atomic E-state index is 0.315. The van der Waals surface area contributed by atoms with Gasteiger partial charge in [0.25, 0.3) is 5.91 Å². The Hall–Kier alpha value is -1.82. The number of pyridine rings is 1. The van der Waals surface area contributed by atoms with E-state index in [-0.39, 0.29) is 0 Å². The number of hydrogen-bond donors (Lipinski definition) is 3. The molecule has 1 amide bonds. The Morgan fingerprint density at radius 1 is 1.63 bits per heavy atom. The van der Waals surface area contributed by atoms with Gasteiger partial charge in [-0.1, -0.05) is 0 Å². The number of carbonyl (C=O) groups excluding carboxylic acids is 1. The van der Waals surface area contributed by atoms with Crippen LogP contribution in [-0.2, 0) is 0 Å². The first kappa shape index (κ1) is 13.6. The first-order valence-electron chi connectivity index (χ1n) is 6.54. The number of aromatic nitrogens is 1. The number of nitrogen functional groups attached to an aromatic ring is 1. The molecule has 1 aromatic heterocycles. The largest absolute Gasteiger partial charge is 0.397 e. The fraction of sp³-hybridized carbons (Fsp3) is 0.538. The maximum Gasteiger partial charge on any atom is 0.250 e. The number of amides is 1. The number of likely N-dealkylation sites (tertiary alicyclic amines) is 1. The quantitative estimate of drug-likeness (QED) is 0.735. The Kier molecular flexibility index (Phi) is 4.21. The minimum atomic E-state index is -0.527. The van der Waals surface area contributed by atoms with Gasteiger partial charge in [0.2, 0.25) is 0 Å². The average Bonchev–Trinajstić information content (AvgIpc) is 2.37. The summed E-state index contributed by atoms with van der Waals surface area (Å²) >= 11 is 0. The smallest absolute Gasteiger partial charge is 0.250 e. The number of piperidine rings is 1. The van der Waals surface area contributed by atoms with E-state index in [1.807, 2.05) is 0 Å². The van der Waals surface area contributed by atoms with Crippen LogP contribution < -0.4 is 16.8 Å². The topological polar surface area (TPSA) is 97.3 Å². The Morgan fingerprint density at radius 2 is 2.42 bits per heavy atom. The molecule has 19 heavy (non-hydrogen) atoms. The summed E-state index contributed by atoms with van der Waals surface area (Å²) in [5.41, 5.74) is 11.5. The van der Waals surface area contributed by atoms with E-state index in [1.165, 1.54) is 25.6 Å². The number of nitrogens with zero attached hydrogens (tertiary/aromatic N) is 2. The maximum atomic E-state index is 11.2. The Morgan fingerprint density at radius 3 is 3.11 bits per heavy atom. The standard InChI is InChI=1S/C13H21N5O/c1-18-4-2-3-9(8-18)6-16-12-5-10(13(15)19)11(14)7-17-12/h5,7,9H,2-4,6,8,14H2,1H3,(H2,15,19)(H,16,17). The second-order valence-corrected chi connectivity index (χ2v) is 5.17.